The Labute approximate surface area is 98.4 Å². The molecule has 2 N–H and O–H groups in total. The zero-order chi connectivity index (χ0) is 12.0. The van der Waals surface area contributed by atoms with Crippen LogP contribution in [0, 0.1) is 18.3 Å². The average molecular weight is 222 g/mol. The van der Waals surface area contributed by atoms with Crippen LogP contribution in [-0.4, -0.2) is 24.5 Å². The maximum atomic E-state index is 11.6. The predicted molar refractivity (Wildman–Crippen MR) is 65.9 cm³/mol. The van der Waals surface area contributed by atoms with Crippen molar-refractivity contribution in [3.63, 3.8) is 0 Å². The number of hydrogen-bond acceptors (Lipinski definition) is 2. The van der Waals surface area contributed by atoms with Crippen molar-refractivity contribution in [3.05, 3.63) is 0 Å². The number of amides is 1. The maximum absolute atomic E-state index is 11.6. The Morgan fingerprint density at radius 1 is 1.50 bits per heavy atom. The first kappa shape index (κ1) is 13.1. The minimum Gasteiger partial charge on any atom is -0.344 e. The van der Waals surface area contributed by atoms with Gasteiger partial charge in [-0.1, -0.05) is 25.7 Å². The van der Waals surface area contributed by atoms with E-state index in [2.05, 4.69) is 23.5 Å². The first-order chi connectivity index (χ1) is 7.65. The van der Waals surface area contributed by atoms with E-state index in [0.717, 1.165) is 0 Å². The SMILES string of the molecule is C#CCNC(=O)C(C)NC1CCCCC1C. The fourth-order valence-electron chi connectivity index (χ4n) is 2.25. The van der Waals surface area contributed by atoms with Crippen molar-refractivity contribution >= 4 is 5.91 Å². The zero-order valence-corrected chi connectivity index (χ0v) is 10.3. The van der Waals surface area contributed by atoms with Crippen molar-refractivity contribution in [2.45, 2.75) is 51.6 Å². The summed E-state index contributed by atoms with van der Waals surface area (Å²) < 4.78 is 0. The third-order valence-electron chi connectivity index (χ3n) is 3.33. The van der Waals surface area contributed by atoms with Gasteiger partial charge in [0.25, 0.3) is 0 Å². The molecule has 1 aliphatic rings. The van der Waals surface area contributed by atoms with Crippen LogP contribution in [0.4, 0.5) is 0 Å². The van der Waals surface area contributed by atoms with E-state index in [1.807, 2.05) is 6.92 Å². The van der Waals surface area contributed by atoms with Crippen molar-refractivity contribution in [1.82, 2.24) is 10.6 Å². The molecule has 1 rings (SSSR count). The van der Waals surface area contributed by atoms with Crippen molar-refractivity contribution in [1.29, 1.82) is 0 Å². The van der Waals surface area contributed by atoms with E-state index in [1.54, 1.807) is 0 Å². The third kappa shape index (κ3) is 3.86. The molecule has 90 valence electrons. The Bertz CT molecular complexity index is 270. The highest BCUT2D eigenvalue weighted by Gasteiger charge is 2.24. The van der Waals surface area contributed by atoms with E-state index in [0.29, 0.717) is 18.5 Å². The van der Waals surface area contributed by atoms with Gasteiger partial charge in [0, 0.05) is 6.04 Å². The minimum absolute atomic E-state index is 0.00396. The molecule has 0 aromatic heterocycles. The van der Waals surface area contributed by atoms with Crippen LogP contribution >= 0.6 is 0 Å². The highest BCUT2D eigenvalue weighted by atomic mass is 16.2. The molecule has 0 radical (unpaired) electrons. The summed E-state index contributed by atoms with van der Waals surface area (Å²) in [6.07, 6.45) is 10.1. The number of hydrogen-bond donors (Lipinski definition) is 2. The van der Waals surface area contributed by atoms with Gasteiger partial charge in [-0.15, -0.1) is 6.42 Å². The van der Waals surface area contributed by atoms with E-state index < -0.39 is 0 Å². The van der Waals surface area contributed by atoms with Crippen LogP contribution in [0.2, 0.25) is 0 Å². The monoisotopic (exact) mass is 222 g/mol. The van der Waals surface area contributed by atoms with Gasteiger partial charge in [0.1, 0.15) is 0 Å². The molecule has 0 aliphatic heterocycles. The molecule has 3 heteroatoms. The molecule has 0 saturated heterocycles. The maximum Gasteiger partial charge on any atom is 0.237 e. The normalized spacial score (nSPS) is 26.8. The molecule has 3 nitrogen and oxygen atoms in total. The number of rotatable bonds is 4. The Morgan fingerprint density at radius 3 is 2.81 bits per heavy atom. The highest BCUT2D eigenvalue weighted by Crippen LogP contribution is 2.23. The van der Waals surface area contributed by atoms with Gasteiger partial charge in [-0.05, 0) is 25.7 Å². The second-order valence-corrected chi connectivity index (χ2v) is 4.68. The highest BCUT2D eigenvalue weighted by molar-refractivity contribution is 5.81. The number of terminal acetylenes is 1. The molecule has 0 aromatic carbocycles. The predicted octanol–water partition coefficient (Wildman–Crippen LogP) is 1.29. The summed E-state index contributed by atoms with van der Waals surface area (Å²) in [5, 5.41) is 6.10. The lowest BCUT2D eigenvalue weighted by Crippen LogP contribution is -2.49. The quantitative estimate of drug-likeness (QED) is 0.704. The van der Waals surface area contributed by atoms with Gasteiger partial charge in [0.15, 0.2) is 0 Å². The molecule has 3 unspecified atom stereocenters. The Morgan fingerprint density at radius 2 is 2.19 bits per heavy atom. The molecule has 16 heavy (non-hydrogen) atoms. The van der Waals surface area contributed by atoms with Gasteiger partial charge in [-0.3, -0.25) is 4.79 Å². The molecule has 0 aromatic rings. The van der Waals surface area contributed by atoms with E-state index in [9.17, 15) is 4.79 Å². The van der Waals surface area contributed by atoms with Crippen LogP contribution in [0.15, 0.2) is 0 Å². The molecular weight excluding hydrogens is 200 g/mol. The summed E-state index contributed by atoms with van der Waals surface area (Å²) in [5.74, 6) is 3.07. The molecule has 1 saturated carbocycles. The smallest absolute Gasteiger partial charge is 0.237 e. The molecular formula is C13H22N2O. The van der Waals surface area contributed by atoms with Gasteiger partial charge >= 0.3 is 0 Å². The summed E-state index contributed by atoms with van der Waals surface area (Å²) in [6, 6.07) is 0.319. The number of carbonyl (C=O) groups excluding carboxylic acids is 1. The van der Waals surface area contributed by atoms with Crippen molar-refractivity contribution in [2.24, 2.45) is 5.92 Å². The van der Waals surface area contributed by atoms with Gasteiger partial charge in [0.2, 0.25) is 5.91 Å². The topological polar surface area (TPSA) is 41.1 Å². The van der Waals surface area contributed by atoms with Crippen molar-refractivity contribution in [2.75, 3.05) is 6.54 Å². The van der Waals surface area contributed by atoms with Crippen LogP contribution in [0.5, 0.6) is 0 Å². The largest absolute Gasteiger partial charge is 0.344 e. The summed E-state index contributed by atoms with van der Waals surface area (Å²) in [4.78, 5) is 11.6. The number of nitrogens with one attached hydrogen (secondary N) is 2. The lowest BCUT2D eigenvalue weighted by atomic mass is 9.85. The Kier molecular flexibility index (Phi) is 5.34. The van der Waals surface area contributed by atoms with Crippen LogP contribution < -0.4 is 10.6 Å². The second kappa shape index (κ2) is 6.55. The van der Waals surface area contributed by atoms with E-state index in [-0.39, 0.29) is 11.9 Å². The van der Waals surface area contributed by atoms with Crippen LogP contribution in [-0.2, 0) is 4.79 Å². The fraction of sp³-hybridized carbons (Fsp3) is 0.769. The first-order valence-corrected chi connectivity index (χ1v) is 6.12. The third-order valence-corrected chi connectivity index (χ3v) is 3.33. The molecule has 1 amide bonds. The molecule has 0 bridgehead atoms. The average Bonchev–Trinajstić information content (AvgIpc) is 2.28. The van der Waals surface area contributed by atoms with Crippen LogP contribution in [0.25, 0.3) is 0 Å². The fourth-order valence-corrected chi connectivity index (χ4v) is 2.25. The minimum atomic E-state index is -0.154. The standard InChI is InChI=1S/C13H22N2O/c1-4-9-14-13(16)11(3)15-12-8-6-5-7-10(12)2/h1,10-12,15H,5-9H2,2-3H3,(H,14,16). The lowest BCUT2D eigenvalue weighted by Gasteiger charge is -2.31. The van der Waals surface area contributed by atoms with Gasteiger partial charge in [0.05, 0.1) is 12.6 Å². The molecule has 3 atom stereocenters. The van der Waals surface area contributed by atoms with Crippen LogP contribution in [0.3, 0.4) is 0 Å². The summed E-state index contributed by atoms with van der Waals surface area (Å²) in [5.41, 5.74) is 0. The van der Waals surface area contributed by atoms with E-state index >= 15 is 0 Å². The zero-order valence-electron chi connectivity index (χ0n) is 10.3. The summed E-state index contributed by atoms with van der Waals surface area (Å²) in [7, 11) is 0. The van der Waals surface area contributed by atoms with E-state index in [1.165, 1.54) is 25.7 Å². The van der Waals surface area contributed by atoms with Crippen LogP contribution in [0.1, 0.15) is 39.5 Å². The summed E-state index contributed by atoms with van der Waals surface area (Å²) in [6.45, 7) is 4.46. The first-order valence-electron chi connectivity index (χ1n) is 6.12. The second-order valence-electron chi connectivity index (χ2n) is 4.68. The van der Waals surface area contributed by atoms with Gasteiger partial charge in [-0.25, -0.2) is 0 Å². The Balaban J connectivity index is 2.34. The molecule has 1 fully saturated rings. The summed E-state index contributed by atoms with van der Waals surface area (Å²) >= 11 is 0. The Hall–Kier alpha value is -1.01. The van der Waals surface area contributed by atoms with Crippen molar-refractivity contribution in [3.8, 4) is 12.3 Å². The molecule has 1 aliphatic carbocycles. The lowest BCUT2D eigenvalue weighted by molar-refractivity contribution is -0.122. The van der Waals surface area contributed by atoms with E-state index in [4.69, 9.17) is 6.42 Å². The molecule has 0 heterocycles. The van der Waals surface area contributed by atoms with Crippen molar-refractivity contribution < 1.29 is 4.79 Å². The number of carbonyl (C=O) groups is 1. The molecule has 0 spiro atoms. The van der Waals surface area contributed by atoms with Gasteiger partial charge < -0.3 is 10.6 Å². The van der Waals surface area contributed by atoms with Gasteiger partial charge in [-0.2, -0.15) is 0 Å².